The molecule has 2 rings (SSSR count). The molecule has 0 radical (unpaired) electrons. The molecule has 1 aliphatic rings. The minimum Gasteiger partial charge on any atom is -0.391 e. The van der Waals surface area contributed by atoms with Crippen LogP contribution in [-0.4, -0.2) is 17.3 Å². The van der Waals surface area contributed by atoms with Crippen LogP contribution in [-0.2, 0) is 0 Å². The first-order valence-electron chi connectivity index (χ1n) is 5.79. The van der Waals surface area contributed by atoms with Crippen LogP contribution in [0.4, 0.5) is 5.69 Å². The maximum Gasteiger partial charge on any atom is 0.0741 e. The Morgan fingerprint density at radius 3 is 2.38 bits per heavy atom. The van der Waals surface area contributed by atoms with Crippen molar-refractivity contribution in [2.24, 2.45) is 0 Å². The van der Waals surface area contributed by atoms with Crippen molar-refractivity contribution in [1.29, 1.82) is 0 Å². The minimum absolute atomic E-state index is 0.191. The van der Waals surface area contributed by atoms with Gasteiger partial charge in [-0.25, -0.2) is 0 Å². The van der Waals surface area contributed by atoms with Crippen molar-refractivity contribution >= 4 is 21.6 Å². The van der Waals surface area contributed by atoms with Crippen LogP contribution < -0.4 is 5.32 Å². The van der Waals surface area contributed by atoms with E-state index in [-0.39, 0.29) is 12.1 Å². The van der Waals surface area contributed by atoms with Gasteiger partial charge in [0, 0.05) is 10.2 Å². The van der Waals surface area contributed by atoms with Gasteiger partial charge in [-0.3, -0.25) is 0 Å². The molecule has 1 aromatic carbocycles. The Kier molecular flexibility index (Phi) is 3.55. The second-order valence-electron chi connectivity index (χ2n) is 4.67. The third-order valence-electron chi connectivity index (χ3n) is 3.27. The fourth-order valence-electron chi connectivity index (χ4n) is 2.35. The number of hydrogen-bond donors (Lipinski definition) is 2. The average Bonchev–Trinajstić information content (AvgIpc) is 2.61. The van der Waals surface area contributed by atoms with Crippen molar-refractivity contribution in [1.82, 2.24) is 0 Å². The lowest BCUT2D eigenvalue weighted by Gasteiger charge is -2.19. The van der Waals surface area contributed by atoms with E-state index in [2.05, 4.69) is 47.2 Å². The van der Waals surface area contributed by atoms with E-state index in [9.17, 15) is 5.11 Å². The summed E-state index contributed by atoms with van der Waals surface area (Å²) in [5, 5.41) is 13.2. The zero-order valence-corrected chi connectivity index (χ0v) is 11.3. The van der Waals surface area contributed by atoms with E-state index in [1.165, 1.54) is 15.6 Å². The largest absolute Gasteiger partial charge is 0.391 e. The number of rotatable bonds is 2. The zero-order chi connectivity index (χ0) is 11.7. The van der Waals surface area contributed by atoms with E-state index in [1.54, 1.807) is 0 Å². The number of aryl methyl sites for hydroxylation is 2. The van der Waals surface area contributed by atoms with Gasteiger partial charge in [0.05, 0.1) is 12.1 Å². The molecule has 2 atom stereocenters. The Labute approximate surface area is 105 Å². The Balaban J connectivity index is 2.15. The molecule has 1 saturated carbocycles. The van der Waals surface area contributed by atoms with Crippen molar-refractivity contribution < 1.29 is 5.11 Å². The molecule has 1 aliphatic carbocycles. The number of aliphatic hydroxyl groups excluding tert-OH is 1. The molecule has 16 heavy (non-hydrogen) atoms. The van der Waals surface area contributed by atoms with Crippen LogP contribution in [0.3, 0.4) is 0 Å². The first kappa shape index (κ1) is 11.9. The zero-order valence-electron chi connectivity index (χ0n) is 9.76. The van der Waals surface area contributed by atoms with Gasteiger partial charge in [-0.05, 0) is 56.4 Å². The summed E-state index contributed by atoms with van der Waals surface area (Å²) in [6.07, 6.45) is 2.92. The highest BCUT2D eigenvalue weighted by atomic mass is 79.9. The lowest BCUT2D eigenvalue weighted by Crippen LogP contribution is -2.27. The highest BCUT2D eigenvalue weighted by Gasteiger charge is 2.24. The second kappa shape index (κ2) is 4.76. The second-order valence-corrected chi connectivity index (χ2v) is 5.47. The summed E-state index contributed by atoms with van der Waals surface area (Å²) in [5.41, 5.74) is 3.58. The van der Waals surface area contributed by atoms with Gasteiger partial charge in [0.15, 0.2) is 0 Å². The highest BCUT2D eigenvalue weighted by Crippen LogP contribution is 2.28. The molecule has 1 aromatic rings. The Morgan fingerprint density at radius 1 is 1.25 bits per heavy atom. The smallest absolute Gasteiger partial charge is 0.0741 e. The summed E-state index contributed by atoms with van der Waals surface area (Å²) in [7, 11) is 0. The third kappa shape index (κ3) is 2.41. The number of nitrogens with one attached hydrogen (secondary N) is 1. The predicted octanol–water partition coefficient (Wildman–Crippen LogP) is 3.39. The van der Waals surface area contributed by atoms with Gasteiger partial charge < -0.3 is 10.4 Å². The first-order chi connectivity index (χ1) is 7.58. The molecule has 2 N–H and O–H groups in total. The van der Waals surface area contributed by atoms with E-state index in [1.807, 2.05) is 0 Å². The molecule has 1 fully saturated rings. The van der Waals surface area contributed by atoms with Crippen molar-refractivity contribution in [3.8, 4) is 0 Å². The van der Waals surface area contributed by atoms with E-state index < -0.39 is 0 Å². The molecule has 0 aromatic heterocycles. The monoisotopic (exact) mass is 283 g/mol. The molecule has 0 amide bonds. The van der Waals surface area contributed by atoms with Crippen LogP contribution in [0, 0.1) is 13.8 Å². The standard InChI is InChI=1S/C13H18BrNO/c1-8-6-10(7-9(2)13(8)14)15-11-4-3-5-12(11)16/h6-7,11-12,15-16H,3-5H2,1-2H3/t11-,12-/m0/s1. The number of anilines is 1. The average molecular weight is 284 g/mol. The number of hydrogen-bond acceptors (Lipinski definition) is 2. The van der Waals surface area contributed by atoms with Crippen molar-refractivity contribution in [3.05, 3.63) is 27.7 Å². The van der Waals surface area contributed by atoms with E-state index in [0.29, 0.717) is 0 Å². The Bertz CT molecular complexity index is 369. The quantitative estimate of drug-likeness (QED) is 0.872. The number of benzene rings is 1. The summed E-state index contributed by atoms with van der Waals surface area (Å²) < 4.78 is 1.17. The first-order valence-corrected chi connectivity index (χ1v) is 6.58. The van der Waals surface area contributed by atoms with E-state index >= 15 is 0 Å². The molecule has 0 aliphatic heterocycles. The summed E-state index contributed by atoms with van der Waals surface area (Å²) >= 11 is 3.56. The van der Waals surface area contributed by atoms with Crippen LogP contribution >= 0.6 is 15.9 Å². The van der Waals surface area contributed by atoms with Gasteiger partial charge in [-0.2, -0.15) is 0 Å². The maximum atomic E-state index is 9.77. The van der Waals surface area contributed by atoms with Gasteiger partial charge >= 0.3 is 0 Å². The number of aliphatic hydroxyl groups is 1. The van der Waals surface area contributed by atoms with Gasteiger partial charge in [0.1, 0.15) is 0 Å². The van der Waals surface area contributed by atoms with Crippen molar-refractivity contribution in [2.45, 2.75) is 45.3 Å². The van der Waals surface area contributed by atoms with Crippen molar-refractivity contribution in [3.63, 3.8) is 0 Å². The van der Waals surface area contributed by atoms with Crippen LogP contribution in [0.25, 0.3) is 0 Å². The summed E-state index contributed by atoms with van der Waals surface area (Å²) in [5.74, 6) is 0. The van der Waals surface area contributed by atoms with Crippen LogP contribution in [0.15, 0.2) is 16.6 Å². The van der Waals surface area contributed by atoms with Crippen LogP contribution in [0.5, 0.6) is 0 Å². The normalized spacial score (nSPS) is 24.8. The molecule has 2 nitrogen and oxygen atoms in total. The van der Waals surface area contributed by atoms with Gasteiger partial charge in [0.25, 0.3) is 0 Å². The van der Waals surface area contributed by atoms with Gasteiger partial charge in [-0.15, -0.1) is 0 Å². The van der Waals surface area contributed by atoms with E-state index in [4.69, 9.17) is 0 Å². The molecule has 0 unspecified atom stereocenters. The predicted molar refractivity (Wildman–Crippen MR) is 70.9 cm³/mol. The highest BCUT2D eigenvalue weighted by molar-refractivity contribution is 9.10. The molecule has 0 spiro atoms. The molecular formula is C13H18BrNO. The lowest BCUT2D eigenvalue weighted by molar-refractivity contribution is 0.172. The van der Waals surface area contributed by atoms with Gasteiger partial charge in [0.2, 0.25) is 0 Å². The van der Waals surface area contributed by atoms with Gasteiger partial charge in [-0.1, -0.05) is 15.9 Å². The Hall–Kier alpha value is -0.540. The fourth-order valence-corrected chi connectivity index (χ4v) is 2.58. The fraction of sp³-hybridized carbons (Fsp3) is 0.538. The molecule has 3 heteroatoms. The molecule has 88 valence electrons. The summed E-state index contributed by atoms with van der Waals surface area (Å²) in [4.78, 5) is 0. The number of halogens is 1. The third-order valence-corrected chi connectivity index (χ3v) is 4.52. The Morgan fingerprint density at radius 2 is 1.88 bits per heavy atom. The molecule has 0 bridgehead atoms. The SMILES string of the molecule is Cc1cc(N[C@H]2CCC[C@@H]2O)cc(C)c1Br. The lowest BCUT2D eigenvalue weighted by atomic mass is 10.1. The van der Waals surface area contributed by atoms with Crippen LogP contribution in [0.1, 0.15) is 30.4 Å². The molecular weight excluding hydrogens is 266 g/mol. The summed E-state index contributed by atoms with van der Waals surface area (Å²) in [6.45, 7) is 4.18. The van der Waals surface area contributed by atoms with E-state index in [0.717, 1.165) is 24.9 Å². The van der Waals surface area contributed by atoms with Crippen LogP contribution in [0.2, 0.25) is 0 Å². The maximum absolute atomic E-state index is 9.77. The van der Waals surface area contributed by atoms with Crippen molar-refractivity contribution in [2.75, 3.05) is 5.32 Å². The summed E-state index contributed by atoms with van der Waals surface area (Å²) in [6, 6.07) is 4.48. The molecule has 0 heterocycles. The topological polar surface area (TPSA) is 32.3 Å². The minimum atomic E-state index is -0.191. The molecule has 0 saturated heterocycles.